The van der Waals surface area contributed by atoms with Crippen molar-refractivity contribution in [1.82, 2.24) is 0 Å². The normalized spacial score (nSPS) is 23.2. The molecule has 2 atom stereocenters. The fourth-order valence-electron chi connectivity index (χ4n) is 5.17. The van der Waals surface area contributed by atoms with Crippen molar-refractivity contribution >= 4 is 28.2 Å². The maximum atomic E-state index is 14.1. The molecule has 2 aliphatic carbocycles. The van der Waals surface area contributed by atoms with Gasteiger partial charge in [-0.3, -0.25) is 0 Å². The summed E-state index contributed by atoms with van der Waals surface area (Å²) in [7, 11) is 3.68. The third-order valence-electron chi connectivity index (χ3n) is 6.32. The fourth-order valence-corrected chi connectivity index (χ4v) is 5.98. The van der Waals surface area contributed by atoms with Crippen molar-refractivity contribution < 1.29 is 26.3 Å². The van der Waals surface area contributed by atoms with Crippen LogP contribution in [0.25, 0.3) is 11.1 Å². The van der Waals surface area contributed by atoms with Crippen LogP contribution in [-0.4, -0.2) is 26.4 Å². The van der Waals surface area contributed by atoms with Gasteiger partial charge in [0.25, 0.3) is 0 Å². The van der Waals surface area contributed by atoms with Crippen LogP contribution in [0, 0.1) is 17.3 Å². The van der Waals surface area contributed by atoms with E-state index < -0.39 is 40.7 Å². The number of anilines is 1. The van der Waals surface area contributed by atoms with Crippen LogP contribution in [-0.2, 0) is 0 Å². The molecule has 2 aliphatic rings. The van der Waals surface area contributed by atoms with Gasteiger partial charge in [0, 0.05) is 47.6 Å². The third-order valence-corrected chi connectivity index (χ3v) is 7.22. The second-order valence-electron chi connectivity index (χ2n) is 8.76. The Kier molecular flexibility index (Phi) is 4.89. The van der Waals surface area contributed by atoms with Crippen molar-refractivity contribution in [1.29, 1.82) is 0 Å². The molecule has 4 rings (SSSR count). The minimum Gasteiger partial charge on any atom is -0.378 e. The van der Waals surface area contributed by atoms with Gasteiger partial charge >= 0.3 is 12.4 Å². The summed E-state index contributed by atoms with van der Waals surface area (Å²) < 4.78 is 84.4. The predicted molar refractivity (Wildman–Crippen MR) is 112 cm³/mol. The van der Waals surface area contributed by atoms with E-state index in [1.165, 1.54) is 25.2 Å². The summed E-state index contributed by atoms with van der Waals surface area (Å²) in [5.74, 6) is -2.77. The van der Waals surface area contributed by atoms with Crippen LogP contribution in [0.3, 0.4) is 0 Å². The van der Waals surface area contributed by atoms with Gasteiger partial charge in [0.05, 0.1) is 0 Å². The largest absolute Gasteiger partial charge is 0.413 e. The summed E-state index contributed by atoms with van der Waals surface area (Å²) >= 11 is 1.25. The Morgan fingerprint density at radius 2 is 1.32 bits per heavy atom. The molecule has 0 saturated heterocycles. The summed E-state index contributed by atoms with van der Waals surface area (Å²) in [5.41, 5.74) is -2.05. The van der Waals surface area contributed by atoms with Crippen molar-refractivity contribution in [3.8, 4) is 0 Å². The van der Waals surface area contributed by atoms with Gasteiger partial charge in [0.2, 0.25) is 0 Å². The summed E-state index contributed by atoms with van der Waals surface area (Å²) in [6.07, 6.45) is -10.1. The zero-order chi connectivity index (χ0) is 22.9. The monoisotopic (exact) mass is 457 g/mol. The minimum atomic E-state index is -5.07. The number of benzene rings is 1. The van der Waals surface area contributed by atoms with E-state index in [9.17, 15) is 26.3 Å². The van der Waals surface area contributed by atoms with E-state index in [1.54, 1.807) is 41.8 Å². The molecule has 166 valence electrons. The Labute approximate surface area is 180 Å². The molecular weight excluding hydrogens is 436 g/mol. The first kappa shape index (κ1) is 22.0. The van der Waals surface area contributed by atoms with Gasteiger partial charge in [-0.2, -0.15) is 26.3 Å². The highest BCUT2D eigenvalue weighted by Gasteiger charge is 2.67. The number of rotatable bonds is 3. The number of alkyl halides is 6. The van der Waals surface area contributed by atoms with E-state index in [0.717, 1.165) is 5.69 Å². The average Bonchev–Trinajstić information content (AvgIpc) is 3.31. The summed E-state index contributed by atoms with van der Waals surface area (Å²) in [4.78, 5) is 2.43. The molecule has 0 saturated carbocycles. The third kappa shape index (κ3) is 3.30. The lowest BCUT2D eigenvalue weighted by molar-refractivity contribution is -0.117. The first-order valence-corrected chi connectivity index (χ1v) is 10.6. The molecule has 0 aliphatic heterocycles. The highest BCUT2D eigenvalue weighted by molar-refractivity contribution is 7.11. The van der Waals surface area contributed by atoms with Crippen LogP contribution in [0.2, 0.25) is 0 Å². The molecule has 1 heterocycles. The standard InChI is InChI=1S/C23H21F6NS/c1-21(2)17-15(12-7-9-13(10-8-12)30(3)4)16(14-6-5-11-31-14)18(21)20(23(27,28)29)19(17)22(24,25)26/h5-11,17-18H,1-4H3. The van der Waals surface area contributed by atoms with Crippen LogP contribution in [0.15, 0.2) is 52.9 Å². The highest BCUT2D eigenvalue weighted by Crippen LogP contribution is 2.71. The zero-order valence-electron chi connectivity index (χ0n) is 17.3. The highest BCUT2D eigenvalue weighted by atomic mass is 32.1. The average molecular weight is 457 g/mol. The number of allylic oxidation sites excluding steroid dienone is 4. The topological polar surface area (TPSA) is 3.24 Å². The van der Waals surface area contributed by atoms with Gasteiger partial charge in [-0.1, -0.05) is 32.0 Å². The lowest BCUT2D eigenvalue weighted by Crippen LogP contribution is -2.27. The Hall–Kier alpha value is -2.22. The number of fused-ring (bicyclic) bond motifs is 2. The number of thiophene rings is 1. The molecule has 1 aromatic carbocycles. The Bertz CT molecular complexity index is 1050. The van der Waals surface area contributed by atoms with E-state index in [4.69, 9.17) is 0 Å². The summed E-state index contributed by atoms with van der Waals surface area (Å²) in [5, 5.41) is 1.73. The number of hydrogen-bond acceptors (Lipinski definition) is 2. The van der Waals surface area contributed by atoms with Crippen molar-refractivity contribution in [2.24, 2.45) is 17.3 Å². The quantitative estimate of drug-likeness (QED) is 0.342. The minimum absolute atomic E-state index is 0.350. The SMILES string of the molecule is CN(C)c1ccc(C2=C(c3cccs3)C3C(C(F)(F)F)=C(C(F)(F)F)C2C3(C)C)cc1. The van der Waals surface area contributed by atoms with Crippen LogP contribution >= 0.6 is 11.3 Å². The van der Waals surface area contributed by atoms with Gasteiger partial charge in [-0.25, -0.2) is 0 Å². The Balaban J connectivity index is 2.02. The van der Waals surface area contributed by atoms with Crippen molar-refractivity contribution in [2.45, 2.75) is 26.2 Å². The van der Waals surface area contributed by atoms with E-state index >= 15 is 0 Å². The van der Waals surface area contributed by atoms with Crippen LogP contribution in [0.4, 0.5) is 32.0 Å². The lowest BCUT2D eigenvalue weighted by Gasteiger charge is -2.29. The molecule has 1 aromatic heterocycles. The molecule has 0 fully saturated rings. The second-order valence-corrected chi connectivity index (χ2v) is 9.70. The number of hydrogen-bond donors (Lipinski definition) is 0. The molecule has 0 spiro atoms. The molecule has 0 N–H and O–H groups in total. The number of halogens is 6. The van der Waals surface area contributed by atoms with Gasteiger partial charge in [0.1, 0.15) is 0 Å². The van der Waals surface area contributed by atoms with Crippen LogP contribution < -0.4 is 4.90 Å². The predicted octanol–water partition coefficient (Wildman–Crippen LogP) is 7.43. The molecule has 1 nitrogen and oxygen atoms in total. The molecular formula is C23H21F6NS. The van der Waals surface area contributed by atoms with Crippen LogP contribution in [0.5, 0.6) is 0 Å². The van der Waals surface area contributed by atoms with Crippen molar-refractivity contribution in [3.05, 3.63) is 63.4 Å². The lowest BCUT2D eigenvalue weighted by atomic mass is 9.74. The maximum absolute atomic E-state index is 14.1. The van der Waals surface area contributed by atoms with Crippen molar-refractivity contribution in [2.75, 3.05) is 19.0 Å². The zero-order valence-corrected chi connectivity index (χ0v) is 18.1. The first-order chi connectivity index (χ1) is 14.3. The van der Waals surface area contributed by atoms with Gasteiger partial charge in [-0.15, -0.1) is 11.3 Å². The fraction of sp³-hybridized carbons (Fsp3) is 0.391. The van der Waals surface area contributed by atoms with Crippen LogP contribution in [0.1, 0.15) is 24.3 Å². The Morgan fingerprint density at radius 1 is 0.806 bits per heavy atom. The van der Waals surface area contributed by atoms with Crippen molar-refractivity contribution in [3.63, 3.8) is 0 Å². The smallest absolute Gasteiger partial charge is 0.378 e. The first-order valence-electron chi connectivity index (χ1n) is 9.70. The summed E-state index contributed by atoms with van der Waals surface area (Å²) in [6.45, 7) is 3.03. The van der Waals surface area contributed by atoms with E-state index in [-0.39, 0.29) is 0 Å². The second kappa shape index (κ2) is 6.89. The molecule has 8 heteroatoms. The molecule has 2 unspecified atom stereocenters. The number of nitrogens with zero attached hydrogens (tertiary/aromatic N) is 1. The molecule has 0 radical (unpaired) electrons. The molecule has 2 aromatic rings. The van der Waals surface area contributed by atoms with E-state index in [1.807, 2.05) is 19.0 Å². The van der Waals surface area contributed by atoms with E-state index in [0.29, 0.717) is 21.6 Å². The van der Waals surface area contributed by atoms with Gasteiger partial charge < -0.3 is 4.90 Å². The molecule has 31 heavy (non-hydrogen) atoms. The summed E-state index contributed by atoms with van der Waals surface area (Å²) in [6, 6.07) is 10.4. The maximum Gasteiger partial charge on any atom is 0.413 e. The Morgan fingerprint density at radius 3 is 1.74 bits per heavy atom. The molecule has 0 amide bonds. The van der Waals surface area contributed by atoms with Gasteiger partial charge in [-0.05, 0) is 45.7 Å². The molecule has 2 bridgehead atoms. The van der Waals surface area contributed by atoms with E-state index in [2.05, 4.69) is 0 Å². The van der Waals surface area contributed by atoms with Gasteiger partial charge in [0.15, 0.2) is 0 Å².